The van der Waals surface area contributed by atoms with Gasteiger partial charge in [0.2, 0.25) is 0 Å². The highest BCUT2D eigenvalue weighted by atomic mass is 19.1. The first-order valence-corrected chi connectivity index (χ1v) is 4.67. The Morgan fingerprint density at radius 1 is 1.43 bits per heavy atom. The summed E-state index contributed by atoms with van der Waals surface area (Å²) in [5, 5.41) is 8.78. The van der Waals surface area contributed by atoms with Crippen LogP contribution in [-0.4, -0.2) is 0 Å². The second kappa shape index (κ2) is 3.63. The molecule has 0 radical (unpaired) electrons. The summed E-state index contributed by atoms with van der Waals surface area (Å²) < 4.78 is 12.9. The molecule has 0 N–H and O–H groups in total. The lowest BCUT2D eigenvalue weighted by Crippen LogP contribution is -1.84. The van der Waals surface area contributed by atoms with Crippen molar-refractivity contribution in [1.29, 1.82) is 5.26 Å². The second-order valence-corrected chi connectivity index (χ2v) is 3.54. The summed E-state index contributed by atoms with van der Waals surface area (Å²) in [6, 6.07) is 6.28. The predicted octanol–water partition coefficient (Wildman–Crippen LogP) is 3.12. The van der Waals surface area contributed by atoms with E-state index in [1.807, 2.05) is 12.1 Å². The van der Waals surface area contributed by atoms with Crippen LogP contribution in [0.15, 0.2) is 24.3 Å². The molecule has 0 amide bonds. The second-order valence-electron chi connectivity index (χ2n) is 3.54. The first-order valence-electron chi connectivity index (χ1n) is 4.67. The van der Waals surface area contributed by atoms with Gasteiger partial charge in [-0.25, -0.2) is 4.39 Å². The Hall–Kier alpha value is -1.62. The van der Waals surface area contributed by atoms with Gasteiger partial charge in [0.1, 0.15) is 5.82 Å². The van der Waals surface area contributed by atoms with Crippen molar-refractivity contribution in [2.75, 3.05) is 0 Å². The Balaban J connectivity index is 2.29. The van der Waals surface area contributed by atoms with Crippen molar-refractivity contribution in [3.05, 3.63) is 41.2 Å². The SMILES string of the molecule is N#Cc1ccc(F)cc1/C=C/C1CC1. The first-order chi connectivity index (χ1) is 6.79. The van der Waals surface area contributed by atoms with E-state index in [1.165, 1.54) is 31.0 Å². The highest BCUT2D eigenvalue weighted by Gasteiger charge is 2.17. The number of halogens is 1. The third-order valence-corrected chi connectivity index (χ3v) is 2.30. The number of hydrogen-bond donors (Lipinski definition) is 0. The van der Waals surface area contributed by atoms with Crippen LogP contribution in [0.25, 0.3) is 6.08 Å². The molecule has 1 nitrogen and oxygen atoms in total. The van der Waals surface area contributed by atoms with E-state index in [1.54, 1.807) is 0 Å². The van der Waals surface area contributed by atoms with Crippen molar-refractivity contribution in [1.82, 2.24) is 0 Å². The lowest BCUT2D eigenvalue weighted by Gasteiger charge is -1.97. The molecule has 1 fully saturated rings. The summed E-state index contributed by atoms with van der Waals surface area (Å²) in [4.78, 5) is 0. The maximum Gasteiger partial charge on any atom is 0.123 e. The molecule has 2 heteroatoms. The average molecular weight is 187 g/mol. The Morgan fingerprint density at radius 2 is 2.21 bits per heavy atom. The van der Waals surface area contributed by atoms with E-state index < -0.39 is 0 Å². The van der Waals surface area contributed by atoms with Crippen LogP contribution in [0.3, 0.4) is 0 Å². The van der Waals surface area contributed by atoms with Crippen molar-refractivity contribution in [2.24, 2.45) is 5.92 Å². The summed E-state index contributed by atoms with van der Waals surface area (Å²) in [5.74, 6) is 0.351. The smallest absolute Gasteiger partial charge is 0.123 e. The molecule has 1 aromatic carbocycles. The molecule has 0 atom stereocenters. The minimum Gasteiger partial charge on any atom is -0.207 e. The topological polar surface area (TPSA) is 23.8 Å². The number of hydrogen-bond acceptors (Lipinski definition) is 1. The fraction of sp³-hybridized carbons (Fsp3) is 0.250. The standard InChI is InChI=1S/C12H10FN/c13-12-6-5-11(8-14)10(7-12)4-3-9-1-2-9/h3-7,9H,1-2H2/b4-3+. The highest BCUT2D eigenvalue weighted by molar-refractivity contribution is 5.58. The number of nitriles is 1. The van der Waals surface area contributed by atoms with Gasteiger partial charge in [0.15, 0.2) is 0 Å². The summed E-state index contributed by atoms with van der Waals surface area (Å²) in [7, 11) is 0. The predicted molar refractivity (Wildman–Crippen MR) is 52.9 cm³/mol. The molecule has 0 saturated heterocycles. The average Bonchev–Trinajstić information content (AvgIpc) is 2.98. The van der Waals surface area contributed by atoms with Crippen molar-refractivity contribution < 1.29 is 4.39 Å². The Bertz CT molecular complexity index is 411. The molecular weight excluding hydrogens is 177 g/mol. The molecular formula is C12H10FN. The molecule has 0 heterocycles. The van der Waals surface area contributed by atoms with E-state index in [0.717, 1.165) is 0 Å². The molecule has 1 aliphatic carbocycles. The first kappa shape index (κ1) is 8.96. The quantitative estimate of drug-likeness (QED) is 0.697. The lowest BCUT2D eigenvalue weighted by molar-refractivity contribution is 0.627. The van der Waals surface area contributed by atoms with Crippen LogP contribution in [0.4, 0.5) is 4.39 Å². The Morgan fingerprint density at radius 3 is 2.86 bits per heavy atom. The molecule has 0 bridgehead atoms. The van der Waals surface area contributed by atoms with Crippen LogP contribution in [0.2, 0.25) is 0 Å². The van der Waals surface area contributed by atoms with Gasteiger partial charge in [-0.2, -0.15) is 5.26 Å². The molecule has 14 heavy (non-hydrogen) atoms. The van der Waals surface area contributed by atoms with Crippen LogP contribution >= 0.6 is 0 Å². The van der Waals surface area contributed by atoms with Crippen LogP contribution in [0.1, 0.15) is 24.0 Å². The zero-order valence-corrected chi connectivity index (χ0v) is 7.70. The maximum atomic E-state index is 12.9. The minimum atomic E-state index is -0.292. The van der Waals surface area contributed by atoms with Crippen LogP contribution in [0, 0.1) is 23.1 Å². The molecule has 1 aromatic rings. The van der Waals surface area contributed by atoms with Gasteiger partial charge in [0.05, 0.1) is 11.6 Å². The van der Waals surface area contributed by atoms with Crippen molar-refractivity contribution >= 4 is 6.08 Å². The van der Waals surface area contributed by atoms with Gasteiger partial charge >= 0.3 is 0 Å². The lowest BCUT2D eigenvalue weighted by atomic mass is 10.1. The molecule has 0 aromatic heterocycles. The summed E-state index contributed by atoms with van der Waals surface area (Å²) in [6.07, 6.45) is 6.33. The van der Waals surface area contributed by atoms with Crippen molar-refractivity contribution in [2.45, 2.75) is 12.8 Å². The number of nitrogens with zero attached hydrogens (tertiary/aromatic N) is 1. The van der Waals surface area contributed by atoms with E-state index in [0.29, 0.717) is 17.0 Å². The largest absolute Gasteiger partial charge is 0.207 e. The molecule has 0 unspecified atom stereocenters. The van der Waals surface area contributed by atoms with Gasteiger partial charge in [-0.05, 0) is 42.5 Å². The van der Waals surface area contributed by atoms with Gasteiger partial charge < -0.3 is 0 Å². The molecule has 0 spiro atoms. The van der Waals surface area contributed by atoms with Gasteiger partial charge in [0.25, 0.3) is 0 Å². The van der Waals surface area contributed by atoms with Crippen molar-refractivity contribution in [3.63, 3.8) is 0 Å². The van der Waals surface area contributed by atoms with Gasteiger partial charge in [-0.1, -0.05) is 12.2 Å². The molecule has 0 aliphatic heterocycles. The van der Waals surface area contributed by atoms with Crippen LogP contribution in [0.5, 0.6) is 0 Å². The van der Waals surface area contributed by atoms with Crippen LogP contribution in [-0.2, 0) is 0 Å². The number of rotatable bonds is 2. The zero-order chi connectivity index (χ0) is 9.97. The third kappa shape index (κ3) is 2.00. The molecule has 70 valence electrons. The highest BCUT2D eigenvalue weighted by Crippen LogP contribution is 2.31. The zero-order valence-electron chi connectivity index (χ0n) is 7.70. The van der Waals surface area contributed by atoms with E-state index in [2.05, 4.69) is 6.08 Å². The summed E-state index contributed by atoms with van der Waals surface area (Å²) >= 11 is 0. The summed E-state index contributed by atoms with van der Waals surface area (Å²) in [5.41, 5.74) is 1.21. The van der Waals surface area contributed by atoms with Crippen LogP contribution < -0.4 is 0 Å². The van der Waals surface area contributed by atoms with Gasteiger partial charge in [-0.15, -0.1) is 0 Å². The third-order valence-electron chi connectivity index (χ3n) is 2.30. The molecule has 2 rings (SSSR count). The Kier molecular flexibility index (Phi) is 2.32. The fourth-order valence-corrected chi connectivity index (χ4v) is 1.30. The normalized spacial score (nSPS) is 15.7. The monoisotopic (exact) mass is 187 g/mol. The molecule has 1 aliphatic rings. The maximum absolute atomic E-state index is 12.9. The minimum absolute atomic E-state index is 0.292. The van der Waals surface area contributed by atoms with E-state index in [-0.39, 0.29) is 5.82 Å². The van der Waals surface area contributed by atoms with Crippen molar-refractivity contribution in [3.8, 4) is 6.07 Å². The number of allylic oxidation sites excluding steroid dienone is 1. The number of benzene rings is 1. The fourth-order valence-electron chi connectivity index (χ4n) is 1.30. The molecule has 1 saturated carbocycles. The van der Waals surface area contributed by atoms with Gasteiger partial charge in [0, 0.05) is 0 Å². The van der Waals surface area contributed by atoms with E-state index in [4.69, 9.17) is 5.26 Å². The van der Waals surface area contributed by atoms with E-state index >= 15 is 0 Å². The van der Waals surface area contributed by atoms with E-state index in [9.17, 15) is 4.39 Å². The Labute approximate surface area is 82.5 Å². The summed E-state index contributed by atoms with van der Waals surface area (Å²) in [6.45, 7) is 0. The van der Waals surface area contributed by atoms with Gasteiger partial charge in [-0.3, -0.25) is 0 Å².